The van der Waals surface area contributed by atoms with Gasteiger partial charge in [0, 0.05) is 5.92 Å². The molecule has 0 radical (unpaired) electrons. The fourth-order valence-corrected chi connectivity index (χ4v) is 1.10. The first kappa shape index (κ1) is 13.9. The van der Waals surface area contributed by atoms with Crippen LogP contribution in [0.5, 0.6) is 0 Å². The lowest BCUT2D eigenvalue weighted by Crippen LogP contribution is -2.15. The summed E-state index contributed by atoms with van der Waals surface area (Å²) in [6, 6.07) is 0. The number of esters is 1. The van der Waals surface area contributed by atoms with Gasteiger partial charge in [0.1, 0.15) is 0 Å². The summed E-state index contributed by atoms with van der Waals surface area (Å²) >= 11 is 0. The summed E-state index contributed by atoms with van der Waals surface area (Å²) in [5.74, 6) is -0.587. The number of allylic oxidation sites excluding steroid dienone is 2. The predicted molar refractivity (Wildman–Crippen MR) is 59.5 cm³/mol. The summed E-state index contributed by atoms with van der Waals surface area (Å²) in [7, 11) is 0. The molecule has 0 rings (SSSR count). The van der Waals surface area contributed by atoms with Gasteiger partial charge in [-0.05, 0) is 19.4 Å². The molecule has 0 aromatic carbocycles. The molecule has 3 nitrogen and oxygen atoms in total. The van der Waals surface area contributed by atoms with Crippen molar-refractivity contribution in [3.63, 3.8) is 0 Å². The van der Waals surface area contributed by atoms with Crippen LogP contribution in [-0.4, -0.2) is 18.4 Å². The van der Waals surface area contributed by atoms with E-state index in [1.54, 1.807) is 19.9 Å². The van der Waals surface area contributed by atoms with E-state index in [-0.39, 0.29) is 24.1 Å². The zero-order valence-corrected chi connectivity index (χ0v) is 9.79. The fourth-order valence-electron chi connectivity index (χ4n) is 1.10. The van der Waals surface area contributed by atoms with E-state index < -0.39 is 0 Å². The summed E-state index contributed by atoms with van der Waals surface area (Å²) in [6.45, 7) is 5.92. The number of rotatable bonds is 7. The summed E-state index contributed by atoms with van der Waals surface area (Å²) in [5.41, 5.74) is 0. The predicted octanol–water partition coefficient (Wildman–Crippen LogP) is 2.50. The lowest BCUT2D eigenvalue weighted by Gasteiger charge is -2.06. The Morgan fingerprint density at radius 2 is 2.00 bits per heavy atom. The van der Waals surface area contributed by atoms with Crippen molar-refractivity contribution in [2.24, 2.45) is 5.92 Å². The third-order valence-electron chi connectivity index (χ3n) is 2.00. The Morgan fingerprint density at radius 3 is 2.53 bits per heavy atom. The maximum atomic E-state index is 11.5. The second kappa shape index (κ2) is 8.21. The molecular weight excluding hydrogens is 192 g/mol. The summed E-state index contributed by atoms with van der Waals surface area (Å²) < 4.78 is 4.77. The van der Waals surface area contributed by atoms with Gasteiger partial charge in [0.15, 0.2) is 5.78 Å². The minimum atomic E-state index is -0.303. The maximum absolute atomic E-state index is 11.5. The van der Waals surface area contributed by atoms with Crippen molar-refractivity contribution in [3.05, 3.63) is 12.2 Å². The van der Waals surface area contributed by atoms with Crippen molar-refractivity contribution in [2.75, 3.05) is 6.61 Å². The van der Waals surface area contributed by atoms with Crippen molar-refractivity contribution in [3.8, 4) is 0 Å². The monoisotopic (exact) mass is 212 g/mol. The first-order valence-electron chi connectivity index (χ1n) is 5.47. The average Bonchev–Trinajstić information content (AvgIpc) is 2.18. The van der Waals surface area contributed by atoms with Crippen molar-refractivity contribution in [1.29, 1.82) is 0 Å². The van der Waals surface area contributed by atoms with E-state index in [2.05, 4.69) is 6.92 Å². The Morgan fingerprint density at radius 1 is 1.33 bits per heavy atom. The van der Waals surface area contributed by atoms with Crippen molar-refractivity contribution < 1.29 is 14.3 Å². The van der Waals surface area contributed by atoms with E-state index in [1.165, 1.54) is 0 Å². The molecular formula is C12H20O3. The maximum Gasteiger partial charge on any atom is 0.306 e. The van der Waals surface area contributed by atoms with Gasteiger partial charge in [-0.15, -0.1) is 0 Å². The smallest absolute Gasteiger partial charge is 0.306 e. The van der Waals surface area contributed by atoms with Crippen LogP contribution in [-0.2, 0) is 14.3 Å². The van der Waals surface area contributed by atoms with Crippen LogP contribution in [0.2, 0.25) is 0 Å². The van der Waals surface area contributed by atoms with E-state index >= 15 is 0 Å². The highest BCUT2D eigenvalue weighted by atomic mass is 16.5. The third-order valence-corrected chi connectivity index (χ3v) is 2.00. The summed E-state index contributed by atoms with van der Waals surface area (Å²) in [6.07, 6.45) is 5.51. The number of ketones is 1. The lowest BCUT2D eigenvalue weighted by atomic mass is 10.0. The highest BCUT2D eigenvalue weighted by molar-refractivity contribution is 5.93. The zero-order chi connectivity index (χ0) is 11.7. The highest BCUT2D eigenvalue weighted by Gasteiger charge is 2.14. The topological polar surface area (TPSA) is 43.4 Å². The van der Waals surface area contributed by atoms with E-state index in [1.807, 2.05) is 6.08 Å². The second-order valence-electron chi connectivity index (χ2n) is 3.50. The van der Waals surface area contributed by atoms with Crippen LogP contribution < -0.4 is 0 Å². The molecule has 0 N–H and O–H groups in total. The second-order valence-corrected chi connectivity index (χ2v) is 3.50. The van der Waals surface area contributed by atoms with Gasteiger partial charge in [-0.1, -0.05) is 26.3 Å². The van der Waals surface area contributed by atoms with Crippen LogP contribution in [0.1, 0.15) is 40.0 Å². The van der Waals surface area contributed by atoms with Crippen LogP contribution in [0.3, 0.4) is 0 Å². The van der Waals surface area contributed by atoms with Gasteiger partial charge >= 0.3 is 5.97 Å². The Balaban J connectivity index is 3.93. The third kappa shape index (κ3) is 6.89. The molecule has 0 saturated carbocycles. The van der Waals surface area contributed by atoms with Gasteiger partial charge in [0.2, 0.25) is 0 Å². The number of hydrogen-bond donors (Lipinski definition) is 0. The number of ether oxygens (including phenoxy) is 1. The standard InChI is InChI=1S/C12H20O3/c1-4-6-7-8-11(13)10(3)9-12(14)15-5-2/h7-8,10H,4-6,9H2,1-3H3. The molecule has 0 aliphatic rings. The molecule has 0 fully saturated rings. The zero-order valence-electron chi connectivity index (χ0n) is 9.79. The molecule has 0 aliphatic heterocycles. The Hall–Kier alpha value is -1.12. The fraction of sp³-hybridized carbons (Fsp3) is 0.667. The van der Waals surface area contributed by atoms with Gasteiger partial charge in [-0.2, -0.15) is 0 Å². The van der Waals surface area contributed by atoms with E-state index in [4.69, 9.17) is 4.74 Å². The van der Waals surface area contributed by atoms with Gasteiger partial charge in [-0.25, -0.2) is 0 Å². The number of carbonyl (C=O) groups is 2. The molecule has 86 valence electrons. The minimum absolute atomic E-state index is 0.00324. The molecule has 1 unspecified atom stereocenters. The Labute approximate surface area is 91.5 Å². The molecule has 1 atom stereocenters. The van der Waals surface area contributed by atoms with Gasteiger partial charge in [0.25, 0.3) is 0 Å². The Kier molecular flexibility index (Phi) is 7.60. The van der Waals surface area contributed by atoms with E-state index in [0.29, 0.717) is 6.61 Å². The number of unbranched alkanes of at least 4 members (excludes halogenated alkanes) is 1. The van der Waals surface area contributed by atoms with E-state index in [0.717, 1.165) is 12.8 Å². The molecule has 0 spiro atoms. The van der Waals surface area contributed by atoms with Gasteiger partial charge < -0.3 is 4.74 Å². The molecule has 15 heavy (non-hydrogen) atoms. The van der Waals surface area contributed by atoms with Gasteiger partial charge in [0.05, 0.1) is 13.0 Å². The molecule has 0 aromatic heterocycles. The minimum Gasteiger partial charge on any atom is -0.466 e. The Bertz CT molecular complexity index is 231. The normalized spacial score (nSPS) is 12.7. The van der Waals surface area contributed by atoms with Crippen LogP contribution in [0.4, 0.5) is 0 Å². The van der Waals surface area contributed by atoms with Crippen molar-refractivity contribution in [2.45, 2.75) is 40.0 Å². The van der Waals surface area contributed by atoms with Crippen molar-refractivity contribution >= 4 is 11.8 Å². The van der Waals surface area contributed by atoms with E-state index in [9.17, 15) is 9.59 Å². The quantitative estimate of drug-likeness (QED) is 0.481. The first-order chi connectivity index (χ1) is 7.11. The summed E-state index contributed by atoms with van der Waals surface area (Å²) in [4.78, 5) is 22.6. The number of hydrogen-bond acceptors (Lipinski definition) is 3. The van der Waals surface area contributed by atoms with Crippen LogP contribution >= 0.6 is 0 Å². The molecule has 0 bridgehead atoms. The highest BCUT2D eigenvalue weighted by Crippen LogP contribution is 2.06. The van der Waals surface area contributed by atoms with Crippen LogP contribution in [0.15, 0.2) is 12.2 Å². The SMILES string of the molecule is CCCC=CC(=O)C(C)CC(=O)OCC. The molecule has 0 saturated heterocycles. The molecule has 0 aromatic rings. The number of carbonyl (C=O) groups excluding carboxylic acids is 2. The van der Waals surface area contributed by atoms with Crippen LogP contribution in [0.25, 0.3) is 0 Å². The van der Waals surface area contributed by atoms with Crippen LogP contribution in [0, 0.1) is 5.92 Å². The molecule has 0 heterocycles. The molecule has 0 aliphatic carbocycles. The average molecular weight is 212 g/mol. The molecule has 3 heteroatoms. The van der Waals surface area contributed by atoms with Gasteiger partial charge in [-0.3, -0.25) is 9.59 Å². The first-order valence-corrected chi connectivity index (χ1v) is 5.47. The summed E-state index contributed by atoms with van der Waals surface area (Å²) in [5, 5.41) is 0. The lowest BCUT2D eigenvalue weighted by molar-refractivity contribution is -0.145. The van der Waals surface area contributed by atoms with Crippen molar-refractivity contribution in [1.82, 2.24) is 0 Å². The largest absolute Gasteiger partial charge is 0.466 e. The molecule has 0 amide bonds.